The van der Waals surface area contributed by atoms with Crippen LogP contribution in [0.5, 0.6) is 0 Å². The topological polar surface area (TPSA) is 150 Å². The number of anilines is 1. The number of amides is 1. The van der Waals surface area contributed by atoms with Crippen LogP contribution >= 0.6 is 34.5 Å². The van der Waals surface area contributed by atoms with E-state index < -0.39 is 27.6 Å². The number of thiazole rings is 1. The van der Waals surface area contributed by atoms with Crippen LogP contribution in [0.4, 0.5) is 10.8 Å². The Bertz CT molecular complexity index is 1050. The lowest BCUT2D eigenvalue weighted by molar-refractivity contribution is -0.384. The summed E-state index contributed by atoms with van der Waals surface area (Å²) in [6.45, 7) is 2.56. The molecule has 0 atom stereocenters. The maximum Gasteiger partial charge on any atom is 0.353 e. The first-order valence-corrected chi connectivity index (χ1v) is 10.5. The highest BCUT2D eigenvalue weighted by Crippen LogP contribution is 2.20. The van der Waals surface area contributed by atoms with Crippen molar-refractivity contribution < 1.29 is 28.9 Å². The molecule has 0 bridgehead atoms. The van der Waals surface area contributed by atoms with Gasteiger partial charge in [-0.25, -0.2) is 9.78 Å². The molecule has 0 radical (unpaired) electrons. The van der Waals surface area contributed by atoms with E-state index in [1.54, 1.807) is 0 Å². The van der Waals surface area contributed by atoms with E-state index in [0.717, 1.165) is 11.3 Å². The molecule has 14 heteroatoms. The van der Waals surface area contributed by atoms with Gasteiger partial charge in [0.25, 0.3) is 10.9 Å². The molecule has 0 saturated heterocycles. The summed E-state index contributed by atoms with van der Waals surface area (Å²) < 4.78 is 5.16. The molecule has 0 aliphatic heterocycles. The maximum atomic E-state index is 12.4. The highest BCUT2D eigenvalue weighted by Gasteiger charge is 2.33. The number of nitro benzene ring substituents is 1. The Labute approximate surface area is 195 Å². The molecule has 2 aromatic rings. The molecule has 32 heavy (non-hydrogen) atoms. The second-order valence-electron chi connectivity index (χ2n) is 6.53. The van der Waals surface area contributed by atoms with Crippen molar-refractivity contribution in [2.45, 2.75) is 26.1 Å². The standard InChI is InChI=1S/C18H16Cl2N4O7S/c1-18(2,16(27)30-8-10-3-5-11(6-4-10)24(28)29)31-23-14(15(20)26)12-9-32-17(21-12)22-13(25)7-19/h3-6,9H,7-8H2,1-2H3,(H,21,22,25)/b23-14+. The number of nitrogens with one attached hydrogen (secondary N) is 1. The Hall–Kier alpha value is -3.09. The highest BCUT2D eigenvalue weighted by molar-refractivity contribution is 7.14. The van der Waals surface area contributed by atoms with Crippen LogP contribution in [0.1, 0.15) is 25.1 Å². The zero-order valence-electron chi connectivity index (χ0n) is 16.7. The number of esters is 1. The fourth-order valence-electron chi connectivity index (χ4n) is 2.01. The normalized spacial score (nSPS) is 11.6. The predicted molar refractivity (Wildman–Crippen MR) is 117 cm³/mol. The van der Waals surface area contributed by atoms with Crippen molar-refractivity contribution in [1.29, 1.82) is 0 Å². The molecule has 170 valence electrons. The zero-order chi connectivity index (χ0) is 23.9. The van der Waals surface area contributed by atoms with Crippen LogP contribution in [-0.4, -0.2) is 44.2 Å². The second kappa shape index (κ2) is 11.0. The number of carbonyl (C=O) groups is 3. The summed E-state index contributed by atoms with van der Waals surface area (Å²) in [7, 11) is 0. The summed E-state index contributed by atoms with van der Waals surface area (Å²) in [6, 6.07) is 5.46. The summed E-state index contributed by atoms with van der Waals surface area (Å²) in [4.78, 5) is 54.8. The van der Waals surface area contributed by atoms with Crippen molar-refractivity contribution in [3.8, 4) is 0 Å². The Kier molecular flexibility index (Phi) is 8.63. The second-order valence-corrected chi connectivity index (χ2v) is 8.00. The fourth-order valence-corrected chi connectivity index (χ4v) is 2.92. The van der Waals surface area contributed by atoms with Crippen molar-refractivity contribution in [1.82, 2.24) is 4.98 Å². The molecule has 0 unspecified atom stereocenters. The average Bonchev–Trinajstić information content (AvgIpc) is 3.19. The molecule has 1 heterocycles. The van der Waals surface area contributed by atoms with E-state index in [2.05, 4.69) is 15.5 Å². The number of benzene rings is 1. The van der Waals surface area contributed by atoms with E-state index in [1.165, 1.54) is 43.5 Å². The van der Waals surface area contributed by atoms with Crippen LogP contribution in [0.15, 0.2) is 34.8 Å². The molecule has 2 rings (SSSR count). The highest BCUT2D eigenvalue weighted by atomic mass is 35.5. The summed E-state index contributed by atoms with van der Waals surface area (Å²) >= 11 is 12.0. The number of aromatic nitrogens is 1. The van der Waals surface area contributed by atoms with Gasteiger partial charge >= 0.3 is 5.97 Å². The van der Waals surface area contributed by atoms with Crippen molar-refractivity contribution in [2.75, 3.05) is 11.2 Å². The van der Waals surface area contributed by atoms with Gasteiger partial charge in [-0.3, -0.25) is 19.7 Å². The van der Waals surface area contributed by atoms with Crippen LogP contribution in [0.25, 0.3) is 0 Å². The van der Waals surface area contributed by atoms with Gasteiger partial charge in [-0.2, -0.15) is 0 Å². The number of oxime groups is 1. The number of non-ortho nitro benzene ring substituents is 1. The van der Waals surface area contributed by atoms with Crippen LogP contribution in [-0.2, 0) is 30.6 Å². The third kappa shape index (κ3) is 6.97. The molecule has 1 N–H and O–H groups in total. The van der Waals surface area contributed by atoms with Gasteiger partial charge in [-0.1, -0.05) is 5.16 Å². The lowest BCUT2D eigenvalue weighted by atomic mass is 10.1. The molecule has 0 aliphatic carbocycles. The van der Waals surface area contributed by atoms with Crippen molar-refractivity contribution in [3.05, 3.63) is 51.0 Å². The van der Waals surface area contributed by atoms with E-state index in [1.807, 2.05) is 0 Å². The Morgan fingerprint density at radius 1 is 1.28 bits per heavy atom. The number of rotatable bonds is 10. The summed E-state index contributed by atoms with van der Waals surface area (Å²) in [6.07, 6.45) is 0. The Morgan fingerprint density at radius 3 is 2.50 bits per heavy atom. The maximum absolute atomic E-state index is 12.4. The molecular formula is C18H16Cl2N4O7S. The Balaban J connectivity index is 2.05. The van der Waals surface area contributed by atoms with Crippen molar-refractivity contribution in [2.24, 2.45) is 5.16 Å². The van der Waals surface area contributed by atoms with Gasteiger partial charge in [0, 0.05) is 17.5 Å². The summed E-state index contributed by atoms with van der Waals surface area (Å²) in [5.74, 6) is -1.57. The van der Waals surface area contributed by atoms with E-state index >= 15 is 0 Å². The minimum absolute atomic E-state index is 0.0231. The third-order valence-electron chi connectivity index (χ3n) is 3.67. The summed E-state index contributed by atoms with van der Waals surface area (Å²) in [5.41, 5.74) is -1.54. The molecule has 11 nitrogen and oxygen atoms in total. The van der Waals surface area contributed by atoms with Gasteiger partial charge in [0.1, 0.15) is 18.2 Å². The molecule has 1 aromatic carbocycles. The quantitative estimate of drug-likeness (QED) is 0.130. The number of halogens is 2. The molecule has 0 fully saturated rings. The average molecular weight is 503 g/mol. The van der Waals surface area contributed by atoms with Gasteiger partial charge < -0.3 is 14.9 Å². The number of nitro groups is 1. The Morgan fingerprint density at radius 2 is 1.94 bits per heavy atom. The largest absolute Gasteiger partial charge is 0.458 e. The first kappa shape index (κ1) is 25.2. The first-order valence-electron chi connectivity index (χ1n) is 8.71. The molecule has 1 amide bonds. The molecule has 0 aliphatic rings. The number of nitrogens with zero attached hydrogens (tertiary/aromatic N) is 3. The lowest BCUT2D eigenvalue weighted by Gasteiger charge is -2.20. The van der Waals surface area contributed by atoms with E-state index in [4.69, 9.17) is 32.8 Å². The van der Waals surface area contributed by atoms with Crippen molar-refractivity contribution >= 4 is 68.2 Å². The number of hydrogen-bond acceptors (Lipinski definition) is 10. The number of ether oxygens (including phenoxy) is 1. The van der Waals surface area contributed by atoms with Crippen LogP contribution in [0.3, 0.4) is 0 Å². The van der Waals surface area contributed by atoms with Gasteiger partial charge in [-0.05, 0) is 43.1 Å². The SMILES string of the molecule is CC(C)(O/N=C(/C(=O)Cl)c1csc(NC(=O)CCl)n1)C(=O)OCc1ccc([N+](=O)[O-])cc1. The van der Waals surface area contributed by atoms with Crippen LogP contribution in [0, 0.1) is 10.1 Å². The minimum atomic E-state index is -1.61. The van der Waals surface area contributed by atoms with E-state index in [-0.39, 0.29) is 34.7 Å². The molecule has 1 aromatic heterocycles. The number of hydrogen-bond donors (Lipinski definition) is 1. The third-order valence-corrected chi connectivity index (χ3v) is 4.85. The number of carbonyl (C=O) groups excluding carboxylic acids is 3. The van der Waals surface area contributed by atoms with Crippen molar-refractivity contribution in [3.63, 3.8) is 0 Å². The molecule has 0 spiro atoms. The van der Waals surface area contributed by atoms with Gasteiger partial charge in [0.2, 0.25) is 11.5 Å². The first-order chi connectivity index (χ1) is 15.0. The van der Waals surface area contributed by atoms with Crippen LogP contribution < -0.4 is 5.32 Å². The lowest BCUT2D eigenvalue weighted by Crippen LogP contribution is -2.35. The fraction of sp³-hybridized carbons (Fsp3) is 0.278. The van der Waals surface area contributed by atoms with E-state index in [9.17, 15) is 24.5 Å². The number of alkyl halides is 1. The zero-order valence-corrected chi connectivity index (χ0v) is 19.0. The molecular weight excluding hydrogens is 487 g/mol. The monoisotopic (exact) mass is 502 g/mol. The van der Waals surface area contributed by atoms with Crippen LogP contribution in [0.2, 0.25) is 0 Å². The minimum Gasteiger partial charge on any atom is -0.458 e. The summed E-state index contributed by atoms with van der Waals surface area (Å²) in [5, 5.41) is 17.3. The smallest absolute Gasteiger partial charge is 0.353 e. The van der Waals surface area contributed by atoms with Gasteiger partial charge in [0.05, 0.1) is 4.92 Å². The van der Waals surface area contributed by atoms with Gasteiger partial charge in [-0.15, -0.1) is 22.9 Å². The predicted octanol–water partition coefficient (Wildman–Crippen LogP) is 3.24. The van der Waals surface area contributed by atoms with E-state index in [0.29, 0.717) is 5.56 Å². The van der Waals surface area contributed by atoms with Gasteiger partial charge in [0.15, 0.2) is 10.8 Å². The molecule has 0 saturated carbocycles.